The minimum Gasteiger partial charge on any atom is -0.384 e. The van der Waals surface area contributed by atoms with Gasteiger partial charge in [0.2, 0.25) is 0 Å². The number of para-hydroxylation sites is 1. The molecule has 1 fully saturated rings. The second-order valence-electron chi connectivity index (χ2n) is 4.97. The molecule has 1 heterocycles. The van der Waals surface area contributed by atoms with Crippen LogP contribution in [0.15, 0.2) is 29.2 Å². The van der Waals surface area contributed by atoms with Crippen LogP contribution in [0.1, 0.15) is 19.8 Å². The number of anilines is 1. The van der Waals surface area contributed by atoms with Gasteiger partial charge < -0.3 is 10.6 Å². The third-order valence-electron chi connectivity index (χ3n) is 3.64. The lowest BCUT2D eigenvalue weighted by Gasteiger charge is -2.23. The molecule has 0 aliphatic carbocycles. The highest BCUT2D eigenvalue weighted by atomic mass is 32.2. The number of benzene rings is 1. The van der Waals surface area contributed by atoms with E-state index in [-0.39, 0.29) is 5.75 Å². The molecule has 0 spiro atoms. The van der Waals surface area contributed by atoms with E-state index in [1.165, 1.54) is 0 Å². The number of rotatable bonds is 5. The minimum atomic E-state index is -3.16. The summed E-state index contributed by atoms with van der Waals surface area (Å²) in [5, 5.41) is 6.65. The Labute approximate surface area is 115 Å². The molecule has 19 heavy (non-hydrogen) atoms. The molecule has 2 rings (SSSR count). The molecule has 0 amide bonds. The molecule has 0 unspecified atom stereocenters. The average Bonchev–Trinajstić information content (AvgIpc) is 2.46. The van der Waals surface area contributed by atoms with Gasteiger partial charge in [-0.2, -0.15) is 0 Å². The predicted molar refractivity (Wildman–Crippen MR) is 78.3 cm³/mol. The van der Waals surface area contributed by atoms with Crippen LogP contribution in [0.3, 0.4) is 0 Å². The predicted octanol–water partition coefficient (Wildman–Crippen LogP) is 1.89. The molecule has 2 N–H and O–H groups in total. The zero-order valence-corrected chi connectivity index (χ0v) is 12.2. The standard InChI is InChI=1S/C14H22N2O2S/c1-2-19(17,18)14-6-4-3-5-13(14)16-11-12-7-9-15-10-8-12/h3-6,12,15-16H,2,7-11H2,1H3. The molecule has 1 saturated heterocycles. The van der Waals surface area contributed by atoms with Crippen molar-refractivity contribution >= 4 is 15.5 Å². The van der Waals surface area contributed by atoms with Gasteiger partial charge in [-0.1, -0.05) is 19.1 Å². The van der Waals surface area contributed by atoms with E-state index in [9.17, 15) is 8.42 Å². The molecular formula is C14H22N2O2S. The van der Waals surface area contributed by atoms with Crippen molar-refractivity contribution in [2.75, 3.05) is 30.7 Å². The van der Waals surface area contributed by atoms with Crippen molar-refractivity contribution in [3.63, 3.8) is 0 Å². The van der Waals surface area contributed by atoms with E-state index in [2.05, 4.69) is 10.6 Å². The second kappa shape index (κ2) is 6.39. The summed E-state index contributed by atoms with van der Waals surface area (Å²) in [6.45, 7) is 4.64. The van der Waals surface area contributed by atoms with E-state index < -0.39 is 9.84 Å². The van der Waals surface area contributed by atoms with E-state index in [0.29, 0.717) is 10.8 Å². The highest BCUT2D eigenvalue weighted by Crippen LogP contribution is 2.23. The lowest BCUT2D eigenvalue weighted by Crippen LogP contribution is -2.31. The maximum absolute atomic E-state index is 12.0. The van der Waals surface area contributed by atoms with Crippen molar-refractivity contribution in [2.45, 2.75) is 24.7 Å². The Kier molecular flexibility index (Phi) is 4.82. The smallest absolute Gasteiger partial charge is 0.180 e. The number of hydrogen-bond donors (Lipinski definition) is 2. The fraction of sp³-hybridized carbons (Fsp3) is 0.571. The van der Waals surface area contributed by atoms with Gasteiger partial charge >= 0.3 is 0 Å². The van der Waals surface area contributed by atoms with Gasteiger partial charge in [0.1, 0.15) is 0 Å². The quantitative estimate of drug-likeness (QED) is 0.866. The molecule has 0 aromatic heterocycles. The van der Waals surface area contributed by atoms with Gasteiger partial charge in [-0.3, -0.25) is 0 Å². The molecule has 1 aromatic rings. The molecule has 0 atom stereocenters. The molecule has 106 valence electrons. The van der Waals surface area contributed by atoms with Crippen molar-refractivity contribution in [1.29, 1.82) is 0 Å². The van der Waals surface area contributed by atoms with Crippen molar-refractivity contribution in [3.05, 3.63) is 24.3 Å². The van der Waals surface area contributed by atoms with Crippen molar-refractivity contribution < 1.29 is 8.42 Å². The highest BCUT2D eigenvalue weighted by molar-refractivity contribution is 7.91. The second-order valence-corrected chi connectivity index (χ2v) is 7.22. The first-order valence-electron chi connectivity index (χ1n) is 6.90. The lowest BCUT2D eigenvalue weighted by molar-refractivity contribution is 0.389. The molecule has 1 aromatic carbocycles. The van der Waals surface area contributed by atoms with Gasteiger partial charge in [0, 0.05) is 6.54 Å². The van der Waals surface area contributed by atoms with E-state index in [4.69, 9.17) is 0 Å². The van der Waals surface area contributed by atoms with Crippen LogP contribution in [-0.2, 0) is 9.84 Å². The van der Waals surface area contributed by atoms with Crippen LogP contribution >= 0.6 is 0 Å². The van der Waals surface area contributed by atoms with Gasteiger partial charge in [-0.15, -0.1) is 0 Å². The summed E-state index contributed by atoms with van der Waals surface area (Å²) in [5.41, 5.74) is 0.739. The minimum absolute atomic E-state index is 0.138. The summed E-state index contributed by atoms with van der Waals surface area (Å²) in [6.07, 6.45) is 2.30. The van der Waals surface area contributed by atoms with Gasteiger partial charge in [0.25, 0.3) is 0 Å². The summed E-state index contributed by atoms with van der Waals surface area (Å²) >= 11 is 0. The van der Waals surface area contributed by atoms with Crippen LogP contribution in [0.4, 0.5) is 5.69 Å². The maximum Gasteiger partial charge on any atom is 0.180 e. The zero-order valence-electron chi connectivity index (χ0n) is 11.4. The first-order valence-corrected chi connectivity index (χ1v) is 8.55. The monoisotopic (exact) mass is 282 g/mol. The number of piperidine rings is 1. The fourth-order valence-electron chi connectivity index (χ4n) is 2.38. The van der Waals surface area contributed by atoms with Crippen LogP contribution in [0.5, 0.6) is 0 Å². The van der Waals surface area contributed by atoms with E-state index in [1.807, 2.05) is 12.1 Å². The molecule has 0 radical (unpaired) electrons. The Morgan fingerprint density at radius 3 is 2.63 bits per heavy atom. The van der Waals surface area contributed by atoms with Gasteiger partial charge in [-0.05, 0) is 44.0 Å². The fourth-order valence-corrected chi connectivity index (χ4v) is 3.45. The lowest BCUT2D eigenvalue weighted by atomic mass is 9.98. The van der Waals surface area contributed by atoms with Crippen molar-refractivity contribution in [1.82, 2.24) is 5.32 Å². The van der Waals surface area contributed by atoms with Crippen molar-refractivity contribution in [2.24, 2.45) is 5.92 Å². The Morgan fingerprint density at radius 1 is 1.26 bits per heavy atom. The zero-order chi connectivity index (χ0) is 13.7. The van der Waals surface area contributed by atoms with Crippen LogP contribution in [0.25, 0.3) is 0 Å². The molecule has 4 nitrogen and oxygen atoms in total. The van der Waals surface area contributed by atoms with Gasteiger partial charge in [0.05, 0.1) is 16.3 Å². The summed E-state index contributed by atoms with van der Waals surface area (Å²) in [4.78, 5) is 0.423. The normalized spacial score (nSPS) is 17.3. The van der Waals surface area contributed by atoms with Crippen LogP contribution in [0, 0.1) is 5.92 Å². The Hall–Kier alpha value is -1.07. The molecule has 1 aliphatic rings. The Balaban J connectivity index is 2.07. The topological polar surface area (TPSA) is 58.2 Å². The summed E-state index contributed by atoms with van der Waals surface area (Å²) < 4.78 is 24.0. The molecule has 0 saturated carbocycles. The van der Waals surface area contributed by atoms with Crippen LogP contribution < -0.4 is 10.6 Å². The third kappa shape index (κ3) is 3.70. The summed E-state index contributed by atoms with van der Waals surface area (Å²) in [5.74, 6) is 0.762. The van der Waals surface area contributed by atoms with E-state index in [0.717, 1.165) is 38.2 Å². The van der Waals surface area contributed by atoms with E-state index >= 15 is 0 Å². The van der Waals surface area contributed by atoms with Crippen LogP contribution in [-0.4, -0.2) is 33.8 Å². The number of nitrogens with one attached hydrogen (secondary N) is 2. The number of sulfone groups is 1. The molecule has 5 heteroatoms. The first-order chi connectivity index (χ1) is 9.13. The Morgan fingerprint density at radius 2 is 1.95 bits per heavy atom. The third-order valence-corrected chi connectivity index (χ3v) is 5.43. The van der Waals surface area contributed by atoms with Crippen LogP contribution in [0.2, 0.25) is 0 Å². The largest absolute Gasteiger partial charge is 0.384 e. The number of hydrogen-bond acceptors (Lipinski definition) is 4. The van der Waals surface area contributed by atoms with Gasteiger partial charge in [0.15, 0.2) is 9.84 Å². The first kappa shape index (κ1) is 14.3. The summed E-state index contributed by atoms with van der Waals surface area (Å²) in [6, 6.07) is 7.19. The highest BCUT2D eigenvalue weighted by Gasteiger charge is 2.17. The van der Waals surface area contributed by atoms with Crippen molar-refractivity contribution in [3.8, 4) is 0 Å². The molecule has 1 aliphatic heterocycles. The molecular weight excluding hydrogens is 260 g/mol. The van der Waals surface area contributed by atoms with E-state index in [1.54, 1.807) is 19.1 Å². The summed E-state index contributed by atoms with van der Waals surface area (Å²) in [7, 11) is -3.16. The average molecular weight is 282 g/mol. The maximum atomic E-state index is 12.0. The SMILES string of the molecule is CCS(=O)(=O)c1ccccc1NCC1CCNCC1. The van der Waals surface area contributed by atoms with Gasteiger partial charge in [-0.25, -0.2) is 8.42 Å². The molecule has 0 bridgehead atoms. The Bertz CT molecular complexity index is 508.